The van der Waals surface area contributed by atoms with E-state index in [0.717, 1.165) is 24.3 Å². The maximum Gasteiger partial charge on any atom is 0.402 e. The first kappa shape index (κ1) is 37.3. The van der Waals surface area contributed by atoms with Gasteiger partial charge in [-0.2, -0.15) is 0 Å². The monoisotopic (exact) mass is 743 g/mol. The molecule has 0 spiro atoms. The first-order valence-corrected chi connectivity index (χ1v) is 15.9. The normalized spacial score (nSPS) is 27.5. The van der Waals surface area contributed by atoms with Crippen LogP contribution in [0.4, 0.5) is 0 Å². The Morgan fingerprint density at radius 2 is 1.49 bits per heavy atom. The number of fused-ring (bicyclic) bond motifs is 1. The number of hydrogen-bond donors (Lipinski definition) is 11. The Labute approximate surface area is 298 Å². The molecule has 11 N–H and O–H groups in total. The lowest BCUT2D eigenvalue weighted by Crippen LogP contribution is -2.64. The fourth-order valence-electron chi connectivity index (χ4n) is 5.62. The molecule has 0 bridgehead atoms. The summed E-state index contributed by atoms with van der Waals surface area (Å²) in [5, 5.41) is 113. The highest BCUT2D eigenvalue weighted by molar-refractivity contribution is 5.89. The number of phenols is 6. The molecule has 6 rings (SSSR count). The zero-order chi connectivity index (χ0) is 38.1. The summed E-state index contributed by atoms with van der Waals surface area (Å²) in [6, 6.07) is 10.8. The largest absolute Gasteiger partial charge is 0.507 e. The number of hydrogen-bond acceptors (Lipinski definition) is 17. The number of ether oxygens (including phenoxy) is 5. The molecule has 2 saturated heterocycles. The van der Waals surface area contributed by atoms with E-state index in [0.29, 0.717) is 5.56 Å². The molecule has 18 heteroatoms. The second-order valence-electron chi connectivity index (χ2n) is 12.2. The van der Waals surface area contributed by atoms with Crippen LogP contribution in [-0.4, -0.2) is 131 Å². The molecule has 4 aromatic rings. The van der Waals surface area contributed by atoms with Gasteiger partial charge in [-0.05, 0) is 35.9 Å². The quantitative estimate of drug-likeness (QED) is 0.0482. The van der Waals surface area contributed by atoms with Crippen molar-refractivity contribution in [2.45, 2.75) is 55.3 Å². The van der Waals surface area contributed by atoms with Crippen LogP contribution in [0.5, 0.6) is 40.2 Å². The highest BCUT2D eigenvalue weighted by atomic mass is 16.8. The summed E-state index contributed by atoms with van der Waals surface area (Å²) in [5.74, 6) is -4.01. The molecule has 53 heavy (non-hydrogen) atoms. The van der Waals surface area contributed by atoms with Crippen LogP contribution < -0.4 is 4.74 Å². The van der Waals surface area contributed by atoms with Crippen LogP contribution in [0.15, 0.2) is 65.1 Å². The van der Waals surface area contributed by atoms with Crippen LogP contribution in [0.25, 0.3) is 28.4 Å². The van der Waals surface area contributed by atoms with E-state index in [1.807, 2.05) is 0 Å². The van der Waals surface area contributed by atoms with Crippen molar-refractivity contribution in [1.29, 1.82) is 0 Å². The van der Waals surface area contributed by atoms with Gasteiger partial charge in [0.05, 0.1) is 18.2 Å². The SMILES string of the molecule is O=C(/C=C\c1ccc(O)c(O)c1)OCC1O[C@@H](Oc2cc3c(O)cc(O)cc3[o+]c2-c2ccc(O)c(O)c2)C(O[C@@H]2OC[C@@H](O)[C@H](O)C2O)[C@@H](O)[C@@H]1O. The fourth-order valence-corrected chi connectivity index (χ4v) is 5.62. The molecule has 1 aromatic heterocycles. The average molecular weight is 744 g/mol. The summed E-state index contributed by atoms with van der Waals surface area (Å²) in [6.07, 6.45) is -13.3. The van der Waals surface area contributed by atoms with Gasteiger partial charge in [-0.1, -0.05) is 6.07 Å². The molecule has 0 aliphatic carbocycles. The Balaban J connectivity index is 1.33. The van der Waals surface area contributed by atoms with Crippen molar-refractivity contribution in [3.8, 4) is 51.6 Å². The first-order valence-electron chi connectivity index (χ1n) is 15.9. The number of aliphatic hydroxyl groups excluding tert-OH is 5. The number of aromatic hydroxyl groups is 6. The molecule has 0 saturated carbocycles. The number of esters is 1. The summed E-state index contributed by atoms with van der Waals surface area (Å²) < 4.78 is 34.4. The van der Waals surface area contributed by atoms with Gasteiger partial charge in [-0.3, -0.25) is 0 Å². The van der Waals surface area contributed by atoms with Crippen molar-refractivity contribution >= 4 is 23.0 Å². The van der Waals surface area contributed by atoms with Gasteiger partial charge < -0.3 is 79.9 Å². The van der Waals surface area contributed by atoms with Crippen molar-refractivity contribution in [3.63, 3.8) is 0 Å². The van der Waals surface area contributed by atoms with E-state index >= 15 is 0 Å². The van der Waals surface area contributed by atoms with Gasteiger partial charge in [0.15, 0.2) is 35.4 Å². The number of benzene rings is 3. The molecule has 0 amide bonds. The minimum Gasteiger partial charge on any atom is -0.507 e. The second kappa shape index (κ2) is 15.3. The van der Waals surface area contributed by atoms with Gasteiger partial charge in [0.1, 0.15) is 60.1 Å². The van der Waals surface area contributed by atoms with E-state index in [4.69, 9.17) is 28.1 Å². The fraction of sp³-hybridized carbons (Fsp3) is 0.314. The third kappa shape index (κ3) is 7.99. The van der Waals surface area contributed by atoms with E-state index < -0.39 is 97.5 Å². The summed E-state index contributed by atoms with van der Waals surface area (Å²) in [7, 11) is 0. The van der Waals surface area contributed by atoms with E-state index in [1.165, 1.54) is 42.5 Å². The lowest BCUT2D eigenvalue weighted by atomic mass is 9.98. The van der Waals surface area contributed by atoms with Gasteiger partial charge >= 0.3 is 17.3 Å². The Hall–Kier alpha value is -5.44. The van der Waals surface area contributed by atoms with Crippen molar-refractivity contribution in [2.75, 3.05) is 13.2 Å². The molecule has 282 valence electrons. The van der Waals surface area contributed by atoms with Gasteiger partial charge in [0.2, 0.25) is 12.0 Å². The number of carbonyl (C=O) groups is 1. The standard InChI is InChI=1S/C35H34O18/c36-16-9-20(39)17-11-25(32(50-24(17)10-16)15-3-5-19(38)22(41)8-15)51-35-33(53-34-31(47)28(44)23(42)12-49-34)30(46)29(45)26(52-35)13-48-27(43)6-2-14-1-4-18(37)21(40)7-14/h1-11,23,26,28-31,33-35,42,44-47H,12-13H2,(H5-,36,37,38,39,40,41,43)/p+1/t23-,26?,28+,29-,30+,31?,33?,34+,35-/m1/s1. The predicted molar refractivity (Wildman–Crippen MR) is 176 cm³/mol. The molecule has 2 aliphatic rings. The minimum atomic E-state index is -1.93. The molecular formula is C35H35O18+. The van der Waals surface area contributed by atoms with Crippen LogP contribution in [-0.2, 0) is 23.7 Å². The van der Waals surface area contributed by atoms with Gasteiger partial charge in [-0.25, -0.2) is 9.21 Å². The van der Waals surface area contributed by atoms with Crippen molar-refractivity contribution in [2.24, 2.45) is 0 Å². The zero-order valence-electron chi connectivity index (χ0n) is 27.2. The summed E-state index contributed by atoms with van der Waals surface area (Å²) >= 11 is 0. The Kier molecular flexibility index (Phi) is 10.8. The van der Waals surface area contributed by atoms with Gasteiger partial charge in [0, 0.05) is 24.3 Å². The van der Waals surface area contributed by atoms with Crippen LogP contribution >= 0.6 is 0 Å². The van der Waals surface area contributed by atoms with E-state index in [2.05, 4.69) is 0 Å². The molecule has 2 aliphatic heterocycles. The maximum atomic E-state index is 12.6. The smallest absolute Gasteiger partial charge is 0.402 e. The number of carbonyl (C=O) groups excluding carboxylic acids is 1. The van der Waals surface area contributed by atoms with E-state index in [-0.39, 0.29) is 39.5 Å². The zero-order valence-corrected chi connectivity index (χ0v) is 27.2. The van der Waals surface area contributed by atoms with Crippen LogP contribution in [0.1, 0.15) is 5.56 Å². The number of aliphatic hydroxyl groups is 5. The third-order valence-corrected chi connectivity index (χ3v) is 8.49. The predicted octanol–water partition coefficient (Wildman–Crippen LogP) is 0.521. The highest BCUT2D eigenvalue weighted by Gasteiger charge is 2.51. The van der Waals surface area contributed by atoms with Crippen molar-refractivity contribution < 1.29 is 89.1 Å². The Bertz CT molecular complexity index is 2000. The summed E-state index contributed by atoms with van der Waals surface area (Å²) in [5.41, 5.74) is 0.368. The molecule has 3 heterocycles. The van der Waals surface area contributed by atoms with Gasteiger partial charge in [-0.15, -0.1) is 0 Å². The van der Waals surface area contributed by atoms with Crippen molar-refractivity contribution in [1.82, 2.24) is 0 Å². The number of phenolic OH excluding ortho intramolecular Hbond substituents is 6. The highest BCUT2D eigenvalue weighted by Crippen LogP contribution is 2.42. The van der Waals surface area contributed by atoms with Crippen molar-refractivity contribution in [3.05, 3.63) is 66.2 Å². The topological polar surface area (TPSA) is 297 Å². The molecule has 3 aromatic carbocycles. The maximum absolute atomic E-state index is 12.6. The van der Waals surface area contributed by atoms with E-state index in [9.17, 15) is 61.0 Å². The average Bonchev–Trinajstić information content (AvgIpc) is 3.12. The second-order valence-corrected chi connectivity index (χ2v) is 12.2. The lowest BCUT2D eigenvalue weighted by Gasteiger charge is -2.44. The first-order chi connectivity index (χ1) is 25.2. The molecule has 3 unspecified atom stereocenters. The van der Waals surface area contributed by atoms with E-state index in [1.54, 1.807) is 0 Å². The van der Waals surface area contributed by atoms with Gasteiger partial charge in [0.25, 0.3) is 0 Å². The summed E-state index contributed by atoms with van der Waals surface area (Å²) in [6.45, 7) is -1.16. The third-order valence-electron chi connectivity index (χ3n) is 8.49. The molecule has 9 atom stereocenters. The Morgan fingerprint density at radius 3 is 2.21 bits per heavy atom. The minimum absolute atomic E-state index is 0.000715. The molecular weight excluding hydrogens is 708 g/mol. The summed E-state index contributed by atoms with van der Waals surface area (Å²) in [4.78, 5) is 12.6. The Morgan fingerprint density at radius 1 is 0.774 bits per heavy atom. The number of rotatable bonds is 9. The van der Waals surface area contributed by atoms with Crippen LogP contribution in [0.3, 0.4) is 0 Å². The van der Waals surface area contributed by atoms with Crippen LogP contribution in [0.2, 0.25) is 0 Å². The van der Waals surface area contributed by atoms with Crippen LogP contribution in [0, 0.1) is 0 Å². The molecule has 2 fully saturated rings. The lowest BCUT2D eigenvalue weighted by molar-refractivity contribution is -0.345. The molecule has 0 radical (unpaired) electrons. The molecule has 18 nitrogen and oxygen atoms in total.